The highest BCUT2D eigenvalue weighted by atomic mass is 32.2. The summed E-state index contributed by atoms with van der Waals surface area (Å²) < 4.78 is 35.6. The fourth-order valence-corrected chi connectivity index (χ4v) is 7.56. The van der Waals surface area contributed by atoms with E-state index in [0.29, 0.717) is 47.4 Å². The van der Waals surface area contributed by atoms with Gasteiger partial charge in [-0.15, -0.1) is 10.2 Å². The standard InChI is InChI=1S/C28H44N4O4S2/c1-8-21(7)32-27(22-12-11-13-23(17-22)38(34,35)31(9-2)10-3)29-30-28(32)37-18-26(33)36-25-16-20(6)14-15-24(25)19(4)5/h11-13,17,19-21,24-25H,8-10,14-16,18H2,1-7H3/t20-,21+,24+,25-/m0/s1. The smallest absolute Gasteiger partial charge is 0.316 e. The lowest BCUT2D eigenvalue weighted by atomic mass is 9.75. The van der Waals surface area contributed by atoms with E-state index >= 15 is 0 Å². The van der Waals surface area contributed by atoms with Crippen molar-refractivity contribution in [3.8, 4) is 11.4 Å². The summed E-state index contributed by atoms with van der Waals surface area (Å²) in [5.41, 5.74) is 0.677. The molecule has 1 fully saturated rings. The Balaban J connectivity index is 1.82. The van der Waals surface area contributed by atoms with Gasteiger partial charge in [0.05, 0.1) is 10.6 Å². The maximum absolute atomic E-state index is 13.1. The monoisotopic (exact) mass is 564 g/mol. The van der Waals surface area contributed by atoms with E-state index in [1.54, 1.807) is 18.2 Å². The van der Waals surface area contributed by atoms with Crippen molar-refractivity contribution >= 4 is 27.8 Å². The highest BCUT2D eigenvalue weighted by molar-refractivity contribution is 7.99. The van der Waals surface area contributed by atoms with Crippen LogP contribution >= 0.6 is 11.8 Å². The van der Waals surface area contributed by atoms with Crippen molar-refractivity contribution in [3.63, 3.8) is 0 Å². The molecule has 0 radical (unpaired) electrons. The topological polar surface area (TPSA) is 94.4 Å². The van der Waals surface area contributed by atoms with Gasteiger partial charge in [0.15, 0.2) is 11.0 Å². The third-order valence-corrected chi connectivity index (χ3v) is 10.7. The number of carbonyl (C=O) groups excluding carboxylic acids is 1. The van der Waals surface area contributed by atoms with Gasteiger partial charge in [-0.25, -0.2) is 8.42 Å². The van der Waals surface area contributed by atoms with E-state index in [4.69, 9.17) is 4.74 Å². The summed E-state index contributed by atoms with van der Waals surface area (Å²) in [5.74, 6) is 1.95. The predicted octanol–water partition coefficient (Wildman–Crippen LogP) is 6.04. The predicted molar refractivity (Wildman–Crippen MR) is 153 cm³/mol. The first-order chi connectivity index (χ1) is 18.0. The van der Waals surface area contributed by atoms with Crippen molar-refractivity contribution in [2.75, 3.05) is 18.8 Å². The molecule has 0 spiro atoms. The average Bonchev–Trinajstić information content (AvgIpc) is 3.31. The summed E-state index contributed by atoms with van der Waals surface area (Å²) in [4.78, 5) is 13.1. The van der Waals surface area contributed by atoms with Crippen LogP contribution in [0, 0.1) is 17.8 Å². The molecule has 3 rings (SSSR count). The zero-order valence-electron chi connectivity index (χ0n) is 23.9. The molecule has 1 aliphatic carbocycles. The SMILES string of the molecule is CC[C@@H](C)n1c(SCC(=O)O[C@H]2C[C@@H](C)CC[C@@H]2C(C)C)nnc1-c1cccc(S(=O)(=O)N(CC)CC)c1. The summed E-state index contributed by atoms with van der Waals surface area (Å²) in [6, 6.07) is 6.93. The molecule has 1 aliphatic rings. The highest BCUT2D eigenvalue weighted by Gasteiger charge is 2.33. The van der Waals surface area contributed by atoms with E-state index < -0.39 is 10.0 Å². The molecule has 0 saturated heterocycles. The summed E-state index contributed by atoms with van der Waals surface area (Å²) in [5, 5.41) is 9.46. The quantitative estimate of drug-likeness (QED) is 0.229. The fourth-order valence-electron chi connectivity index (χ4n) is 5.24. The second kappa shape index (κ2) is 13.4. The zero-order valence-corrected chi connectivity index (χ0v) is 25.5. The second-order valence-electron chi connectivity index (χ2n) is 10.7. The molecule has 1 saturated carbocycles. The molecule has 1 aromatic heterocycles. The Morgan fingerprint density at radius 3 is 2.50 bits per heavy atom. The lowest BCUT2D eigenvalue weighted by molar-refractivity contribution is -0.152. The van der Waals surface area contributed by atoms with Crippen LogP contribution in [0.5, 0.6) is 0 Å². The van der Waals surface area contributed by atoms with E-state index in [1.807, 2.05) is 24.5 Å². The van der Waals surface area contributed by atoms with Crippen LogP contribution in [0.2, 0.25) is 0 Å². The van der Waals surface area contributed by atoms with Crippen LogP contribution in [-0.4, -0.2) is 58.4 Å². The van der Waals surface area contributed by atoms with Crippen LogP contribution in [-0.2, 0) is 19.6 Å². The van der Waals surface area contributed by atoms with Crippen LogP contribution < -0.4 is 0 Å². The van der Waals surface area contributed by atoms with Crippen molar-refractivity contribution in [2.45, 2.75) is 96.3 Å². The normalized spacial score (nSPS) is 21.1. The number of rotatable bonds is 12. The summed E-state index contributed by atoms with van der Waals surface area (Å²) >= 11 is 1.32. The minimum absolute atomic E-state index is 0.0367. The number of benzene rings is 1. The molecule has 0 aliphatic heterocycles. The van der Waals surface area contributed by atoms with Crippen LogP contribution in [0.4, 0.5) is 0 Å². The first kappa shape index (κ1) is 30.6. The van der Waals surface area contributed by atoms with Crippen molar-refractivity contribution in [2.24, 2.45) is 17.8 Å². The number of esters is 1. The third-order valence-electron chi connectivity index (χ3n) is 7.69. The maximum atomic E-state index is 13.1. The Kier molecular flexibility index (Phi) is 10.8. The molecule has 0 bridgehead atoms. The van der Waals surface area contributed by atoms with Gasteiger partial charge in [-0.1, -0.05) is 71.9 Å². The molecule has 0 unspecified atom stereocenters. The Morgan fingerprint density at radius 2 is 1.87 bits per heavy atom. The highest BCUT2D eigenvalue weighted by Crippen LogP contribution is 2.36. The molecule has 4 atom stereocenters. The number of hydrogen-bond acceptors (Lipinski definition) is 7. The van der Waals surface area contributed by atoms with Gasteiger partial charge in [0.25, 0.3) is 0 Å². The molecule has 1 aromatic carbocycles. The van der Waals surface area contributed by atoms with E-state index in [9.17, 15) is 13.2 Å². The maximum Gasteiger partial charge on any atom is 0.316 e. The molecule has 0 amide bonds. The zero-order chi connectivity index (χ0) is 28.0. The summed E-state index contributed by atoms with van der Waals surface area (Å²) in [7, 11) is -3.60. The van der Waals surface area contributed by atoms with Gasteiger partial charge < -0.3 is 4.74 Å². The molecular formula is C28H44N4O4S2. The lowest BCUT2D eigenvalue weighted by Crippen LogP contribution is -2.36. The van der Waals surface area contributed by atoms with Gasteiger partial charge in [-0.3, -0.25) is 9.36 Å². The van der Waals surface area contributed by atoms with E-state index in [0.717, 1.165) is 19.3 Å². The van der Waals surface area contributed by atoms with Crippen molar-refractivity contribution in [1.29, 1.82) is 0 Å². The summed E-state index contributed by atoms with van der Waals surface area (Å²) in [6.07, 6.45) is 3.99. The summed E-state index contributed by atoms with van der Waals surface area (Å²) in [6.45, 7) is 15.2. The van der Waals surface area contributed by atoms with Crippen molar-refractivity contribution in [3.05, 3.63) is 24.3 Å². The van der Waals surface area contributed by atoms with Crippen LogP contribution in [0.1, 0.15) is 80.2 Å². The second-order valence-corrected chi connectivity index (χ2v) is 13.6. The number of carbonyl (C=O) groups is 1. The molecule has 2 aromatic rings. The number of ether oxygens (including phenoxy) is 1. The molecule has 212 valence electrons. The van der Waals surface area contributed by atoms with Crippen LogP contribution in [0.15, 0.2) is 34.3 Å². The van der Waals surface area contributed by atoms with Gasteiger partial charge >= 0.3 is 5.97 Å². The third kappa shape index (κ3) is 6.99. The first-order valence-corrected chi connectivity index (χ1v) is 16.3. The molecule has 8 nitrogen and oxygen atoms in total. The van der Waals surface area contributed by atoms with Gasteiger partial charge in [-0.2, -0.15) is 4.31 Å². The molecule has 0 N–H and O–H groups in total. The minimum Gasteiger partial charge on any atom is -0.461 e. The van der Waals surface area contributed by atoms with Crippen LogP contribution in [0.25, 0.3) is 11.4 Å². The van der Waals surface area contributed by atoms with Crippen molar-refractivity contribution < 1.29 is 17.9 Å². The number of nitrogens with zero attached hydrogens (tertiary/aromatic N) is 4. The Hall–Kier alpha value is -1.91. The Morgan fingerprint density at radius 1 is 1.16 bits per heavy atom. The van der Waals surface area contributed by atoms with E-state index in [2.05, 4.69) is 44.8 Å². The Bertz CT molecular complexity index is 1180. The van der Waals surface area contributed by atoms with E-state index in [1.165, 1.54) is 22.5 Å². The fraction of sp³-hybridized carbons (Fsp3) is 0.679. The number of hydrogen-bond donors (Lipinski definition) is 0. The van der Waals surface area contributed by atoms with Gasteiger partial charge in [0, 0.05) is 24.7 Å². The first-order valence-electron chi connectivity index (χ1n) is 13.9. The Labute approximate surface area is 233 Å². The van der Waals surface area contributed by atoms with Crippen LogP contribution in [0.3, 0.4) is 0 Å². The van der Waals surface area contributed by atoms with Gasteiger partial charge in [-0.05, 0) is 56.1 Å². The minimum atomic E-state index is -3.60. The number of thioether (sulfide) groups is 1. The molecule has 1 heterocycles. The average molecular weight is 565 g/mol. The lowest BCUT2D eigenvalue weighted by Gasteiger charge is -2.36. The molecule has 10 heteroatoms. The molecular weight excluding hydrogens is 520 g/mol. The number of aromatic nitrogens is 3. The largest absolute Gasteiger partial charge is 0.461 e. The van der Waals surface area contributed by atoms with Gasteiger partial charge in [0.1, 0.15) is 6.10 Å². The number of sulfonamides is 1. The molecule has 38 heavy (non-hydrogen) atoms. The van der Waals surface area contributed by atoms with Gasteiger partial charge in [0.2, 0.25) is 10.0 Å². The van der Waals surface area contributed by atoms with Crippen molar-refractivity contribution in [1.82, 2.24) is 19.1 Å². The van der Waals surface area contributed by atoms with E-state index in [-0.39, 0.29) is 28.8 Å².